The first-order valence-electron chi connectivity index (χ1n) is 6.13. The summed E-state index contributed by atoms with van der Waals surface area (Å²) in [5, 5.41) is 6.87. The topological polar surface area (TPSA) is 34.2 Å². The first-order chi connectivity index (χ1) is 8.29. The predicted octanol–water partition coefficient (Wildman–Crippen LogP) is 2.10. The van der Waals surface area contributed by atoms with E-state index >= 15 is 0 Å². The molecule has 0 aromatic carbocycles. The number of thiazole rings is 1. The lowest BCUT2D eigenvalue weighted by molar-refractivity contribution is 0.0476. The SMILES string of the molecule is CCNC(Cc1nc(C)cs1)C1CSCCO1. The van der Waals surface area contributed by atoms with Gasteiger partial charge in [0.05, 0.1) is 17.7 Å². The van der Waals surface area contributed by atoms with Crippen LogP contribution in [0.25, 0.3) is 0 Å². The first kappa shape index (κ1) is 13.3. The van der Waals surface area contributed by atoms with E-state index in [0.717, 1.165) is 36.8 Å². The minimum Gasteiger partial charge on any atom is -0.375 e. The van der Waals surface area contributed by atoms with E-state index in [1.807, 2.05) is 11.8 Å². The first-order valence-corrected chi connectivity index (χ1v) is 8.16. The summed E-state index contributed by atoms with van der Waals surface area (Å²) in [6.07, 6.45) is 1.32. The number of nitrogens with one attached hydrogen (secondary N) is 1. The Labute approximate surface area is 111 Å². The van der Waals surface area contributed by atoms with Gasteiger partial charge >= 0.3 is 0 Å². The summed E-state index contributed by atoms with van der Waals surface area (Å²) in [6, 6.07) is 0.401. The van der Waals surface area contributed by atoms with Crippen LogP contribution in [-0.4, -0.2) is 41.8 Å². The van der Waals surface area contributed by atoms with E-state index < -0.39 is 0 Å². The third-order valence-corrected chi connectivity index (χ3v) is 4.83. The second-order valence-corrected chi connectivity index (χ2v) is 6.33. The van der Waals surface area contributed by atoms with Crippen LogP contribution in [-0.2, 0) is 11.2 Å². The molecule has 0 bridgehead atoms. The summed E-state index contributed by atoms with van der Waals surface area (Å²) in [6.45, 7) is 6.07. The molecule has 1 aliphatic heterocycles. The second-order valence-electron chi connectivity index (χ2n) is 4.24. The van der Waals surface area contributed by atoms with E-state index in [2.05, 4.69) is 29.5 Å². The van der Waals surface area contributed by atoms with Gasteiger partial charge in [-0.05, 0) is 13.5 Å². The highest BCUT2D eigenvalue weighted by Gasteiger charge is 2.25. The number of hydrogen-bond acceptors (Lipinski definition) is 5. The molecule has 0 aliphatic carbocycles. The summed E-state index contributed by atoms with van der Waals surface area (Å²) < 4.78 is 5.87. The minimum atomic E-state index is 0.331. The third-order valence-electron chi connectivity index (χ3n) is 2.82. The zero-order valence-corrected chi connectivity index (χ0v) is 12.1. The van der Waals surface area contributed by atoms with Crippen molar-refractivity contribution in [2.45, 2.75) is 32.4 Å². The van der Waals surface area contributed by atoms with Crippen LogP contribution in [0.15, 0.2) is 5.38 Å². The summed E-state index contributed by atoms with van der Waals surface area (Å²) >= 11 is 3.75. The average molecular weight is 272 g/mol. The van der Waals surface area contributed by atoms with Gasteiger partial charge in [-0.3, -0.25) is 0 Å². The monoisotopic (exact) mass is 272 g/mol. The molecule has 2 heterocycles. The van der Waals surface area contributed by atoms with Crippen LogP contribution in [0.3, 0.4) is 0 Å². The van der Waals surface area contributed by atoms with Crippen molar-refractivity contribution in [3.05, 3.63) is 16.1 Å². The minimum absolute atomic E-state index is 0.331. The molecule has 1 fully saturated rings. The lowest BCUT2D eigenvalue weighted by Gasteiger charge is -2.30. The van der Waals surface area contributed by atoms with Crippen molar-refractivity contribution < 1.29 is 4.74 Å². The fraction of sp³-hybridized carbons (Fsp3) is 0.750. The Bertz CT molecular complexity index is 337. The van der Waals surface area contributed by atoms with Gasteiger partial charge in [0.25, 0.3) is 0 Å². The molecule has 1 aromatic heterocycles. The highest BCUT2D eigenvalue weighted by atomic mass is 32.2. The maximum Gasteiger partial charge on any atom is 0.0944 e. The Balaban J connectivity index is 1.95. The highest BCUT2D eigenvalue weighted by molar-refractivity contribution is 7.99. The Kier molecular flexibility index (Phi) is 5.28. The maximum absolute atomic E-state index is 5.87. The molecule has 0 saturated carbocycles. The van der Waals surface area contributed by atoms with Crippen molar-refractivity contribution in [1.29, 1.82) is 0 Å². The van der Waals surface area contributed by atoms with Crippen LogP contribution in [0.5, 0.6) is 0 Å². The maximum atomic E-state index is 5.87. The van der Waals surface area contributed by atoms with Crippen LogP contribution in [0.4, 0.5) is 0 Å². The van der Waals surface area contributed by atoms with E-state index in [0.29, 0.717) is 12.1 Å². The highest BCUT2D eigenvalue weighted by Crippen LogP contribution is 2.19. The summed E-state index contributed by atoms with van der Waals surface area (Å²) in [5.41, 5.74) is 1.12. The molecule has 2 atom stereocenters. The van der Waals surface area contributed by atoms with Gasteiger partial charge in [0, 0.05) is 35.0 Å². The number of hydrogen-bond donors (Lipinski definition) is 1. The number of rotatable bonds is 5. The summed E-state index contributed by atoms with van der Waals surface area (Å²) in [7, 11) is 0. The molecule has 17 heavy (non-hydrogen) atoms. The molecule has 0 radical (unpaired) electrons. The molecule has 1 aliphatic rings. The zero-order chi connectivity index (χ0) is 12.1. The third kappa shape index (κ3) is 3.95. The Morgan fingerprint density at radius 1 is 1.65 bits per heavy atom. The van der Waals surface area contributed by atoms with E-state index in [1.165, 1.54) is 5.01 Å². The second kappa shape index (κ2) is 6.73. The summed E-state index contributed by atoms with van der Waals surface area (Å²) in [5.74, 6) is 2.23. The number of likely N-dealkylation sites (N-methyl/N-ethyl adjacent to an activating group) is 1. The number of thioether (sulfide) groups is 1. The lowest BCUT2D eigenvalue weighted by atomic mass is 10.1. The van der Waals surface area contributed by atoms with Crippen LogP contribution >= 0.6 is 23.1 Å². The van der Waals surface area contributed by atoms with Crippen molar-refractivity contribution >= 4 is 23.1 Å². The quantitative estimate of drug-likeness (QED) is 0.890. The van der Waals surface area contributed by atoms with Gasteiger partial charge < -0.3 is 10.1 Å². The molecule has 0 spiro atoms. The molecule has 2 unspecified atom stereocenters. The number of aromatic nitrogens is 1. The molecule has 5 heteroatoms. The van der Waals surface area contributed by atoms with Crippen LogP contribution < -0.4 is 5.32 Å². The van der Waals surface area contributed by atoms with Crippen molar-refractivity contribution in [3.63, 3.8) is 0 Å². The van der Waals surface area contributed by atoms with Crippen LogP contribution in [0, 0.1) is 6.92 Å². The number of nitrogens with zero attached hydrogens (tertiary/aromatic N) is 1. The Morgan fingerprint density at radius 3 is 3.12 bits per heavy atom. The zero-order valence-electron chi connectivity index (χ0n) is 10.4. The van der Waals surface area contributed by atoms with Gasteiger partial charge in [0.2, 0.25) is 0 Å². The van der Waals surface area contributed by atoms with E-state index in [9.17, 15) is 0 Å². The molecule has 1 aromatic rings. The predicted molar refractivity (Wildman–Crippen MR) is 75.1 cm³/mol. The van der Waals surface area contributed by atoms with E-state index in [-0.39, 0.29) is 0 Å². The number of ether oxygens (including phenoxy) is 1. The van der Waals surface area contributed by atoms with E-state index in [4.69, 9.17) is 4.74 Å². The van der Waals surface area contributed by atoms with Crippen molar-refractivity contribution in [3.8, 4) is 0 Å². The molecule has 2 rings (SSSR count). The largest absolute Gasteiger partial charge is 0.375 e. The fourth-order valence-corrected chi connectivity index (χ4v) is 3.79. The molecule has 0 amide bonds. The standard InChI is InChI=1S/C12H20N2OS2/c1-3-13-10(11-8-16-5-4-15-11)6-12-14-9(2)7-17-12/h7,10-11,13H,3-6,8H2,1-2H3. The van der Waals surface area contributed by atoms with Gasteiger partial charge in [-0.15, -0.1) is 11.3 Å². The van der Waals surface area contributed by atoms with Gasteiger partial charge in [0.1, 0.15) is 0 Å². The van der Waals surface area contributed by atoms with Crippen LogP contribution in [0.1, 0.15) is 17.6 Å². The fourth-order valence-electron chi connectivity index (χ4n) is 2.02. The molecular formula is C12H20N2OS2. The van der Waals surface area contributed by atoms with Gasteiger partial charge in [-0.1, -0.05) is 6.92 Å². The smallest absolute Gasteiger partial charge is 0.0944 e. The molecule has 1 N–H and O–H groups in total. The number of aryl methyl sites for hydroxylation is 1. The molecule has 1 saturated heterocycles. The van der Waals surface area contributed by atoms with Gasteiger partial charge in [-0.2, -0.15) is 11.8 Å². The summed E-state index contributed by atoms with van der Waals surface area (Å²) in [4.78, 5) is 4.54. The Morgan fingerprint density at radius 2 is 2.53 bits per heavy atom. The average Bonchev–Trinajstić information content (AvgIpc) is 2.75. The van der Waals surface area contributed by atoms with Crippen LogP contribution in [0.2, 0.25) is 0 Å². The van der Waals surface area contributed by atoms with Crippen molar-refractivity contribution in [1.82, 2.24) is 10.3 Å². The van der Waals surface area contributed by atoms with E-state index in [1.54, 1.807) is 11.3 Å². The Hall–Kier alpha value is -0.100. The molecular weight excluding hydrogens is 252 g/mol. The molecule has 96 valence electrons. The van der Waals surface area contributed by atoms with Gasteiger partial charge in [-0.25, -0.2) is 4.98 Å². The van der Waals surface area contributed by atoms with Crippen molar-refractivity contribution in [2.75, 3.05) is 24.7 Å². The molecule has 3 nitrogen and oxygen atoms in total. The normalized spacial score (nSPS) is 22.6. The van der Waals surface area contributed by atoms with Crippen molar-refractivity contribution in [2.24, 2.45) is 0 Å². The van der Waals surface area contributed by atoms with Gasteiger partial charge in [0.15, 0.2) is 0 Å². The lowest BCUT2D eigenvalue weighted by Crippen LogP contribution is -2.46.